The second-order valence-corrected chi connectivity index (χ2v) is 5.67. The van der Waals surface area contributed by atoms with Crippen molar-refractivity contribution in [2.24, 2.45) is 0 Å². The van der Waals surface area contributed by atoms with Crippen LogP contribution in [0.1, 0.15) is 60.6 Å². The third kappa shape index (κ3) is 3.66. The summed E-state index contributed by atoms with van der Waals surface area (Å²) in [6, 6.07) is 6.14. The Morgan fingerprint density at radius 1 is 0.889 bits per heavy atom. The van der Waals surface area contributed by atoms with E-state index < -0.39 is 46.4 Å². The van der Waals surface area contributed by atoms with E-state index in [0.29, 0.717) is 6.42 Å². The van der Waals surface area contributed by atoms with Crippen LogP contribution in [0.4, 0.5) is 0 Å². The summed E-state index contributed by atoms with van der Waals surface area (Å²) in [5, 5.41) is 28.5. The molecule has 1 aromatic heterocycles. The monoisotopic (exact) mass is 375 g/mol. The second kappa shape index (κ2) is 7.73. The molecule has 0 aliphatic carbocycles. The first-order valence-corrected chi connectivity index (χ1v) is 7.93. The molecule has 0 fully saturated rings. The largest absolute Gasteiger partial charge is 0.478 e. The van der Waals surface area contributed by atoms with Gasteiger partial charge in [-0.3, -0.25) is 4.57 Å². The Kier molecular flexibility index (Phi) is 5.64. The molecule has 2 aromatic rings. The van der Waals surface area contributed by atoms with E-state index in [1.807, 2.05) is 0 Å². The highest BCUT2D eigenvalue weighted by atomic mass is 16.5. The van der Waals surface area contributed by atoms with E-state index in [9.17, 15) is 34.5 Å². The molecule has 0 atom stereocenters. The lowest BCUT2D eigenvalue weighted by Crippen LogP contribution is -2.17. The van der Waals surface area contributed by atoms with E-state index in [2.05, 4.69) is 0 Å². The molecule has 0 radical (unpaired) electrons. The maximum atomic E-state index is 12.5. The van der Waals surface area contributed by atoms with Crippen LogP contribution in [0.3, 0.4) is 0 Å². The molecule has 9 nitrogen and oxygen atoms in total. The summed E-state index contributed by atoms with van der Waals surface area (Å²) < 4.78 is 5.77. The molecular weight excluding hydrogens is 358 g/mol. The number of aromatic carboxylic acids is 3. The van der Waals surface area contributed by atoms with Crippen molar-refractivity contribution < 1.29 is 39.2 Å². The van der Waals surface area contributed by atoms with Crippen molar-refractivity contribution in [3.8, 4) is 5.69 Å². The van der Waals surface area contributed by atoms with Crippen molar-refractivity contribution in [3.05, 3.63) is 52.3 Å². The number of benzene rings is 1. The van der Waals surface area contributed by atoms with Crippen LogP contribution < -0.4 is 0 Å². The zero-order valence-corrected chi connectivity index (χ0v) is 14.6. The maximum absolute atomic E-state index is 12.5. The molecule has 0 amide bonds. The first kappa shape index (κ1) is 19.7. The maximum Gasteiger partial charge on any atom is 0.356 e. The molecule has 1 heterocycles. The van der Waals surface area contributed by atoms with Gasteiger partial charge in [0.2, 0.25) is 0 Å². The number of hydrogen-bond donors (Lipinski definition) is 3. The summed E-state index contributed by atoms with van der Waals surface area (Å²) in [5.74, 6) is -6.33. The second-order valence-electron chi connectivity index (χ2n) is 5.67. The predicted octanol–water partition coefficient (Wildman–Crippen LogP) is 2.45. The number of aromatic nitrogens is 1. The molecule has 142 valence electrons. The molecule has 0 saturated heterocycles. The highest BCUT2D eigenvalue weighted by Gasteiger charge is 2.38. The van der Waals surface area contributed by atoms with Crippen LogP contribution in [0.15, 0.2) is 24.3 Å². The minimum atomic E-state index is -1.78. The fourth-order valence-corrected chi connectivity index (χ4v) is 2.60. The zero-order valence-electron chi connectivity index (χ0n) is 14.6. The van der Waals surface area contributed by atoms with Crippen LogP contribution in [-0.4, -0.2) is 50.4 Å². The van der Waals surface area contributed by atoms with E-state index >= 15 is 0 Å². The number of hydrogen-bond acceptors (Lipinski definition) is 5. The Bertz CT molecular complexity index is 924. The van der Waals surface area contributed by atoms with Gasteiger partial charge in [0.1, 0.15) is 22.5 Å². The van der Waals surface area contributed by atoms with E-state index in [4.69, 9.17) is 4.74 Å². The smallest absolute Gasteiger partial charge is 0.356 e. The van der Waals surface area contributed by atoms with Gasteiger partial charge in [0.05, 0.1) is 6.61 Å². The molecule has 0 aliphatic heterocycles. The lowest BCUT2D eigenvalue weighted by Gasteiger charge is -2.12. The van der Waals surface area contributed by atoms with Crippen LogP contribution in [0.5, 0.6) is 0 Å². The minimum Gasteiger partial charge on any atom is -0.478 e. The Labute approximate surface area is 153 Å². The van der Waals surface area contributed by atoms with Gasteiger partial charge >= 0.3 is 23.9 Å². The van der Waals surface area contributed by atoms with Crippen molar-refractivity contribution in [2.45, 2.75) is 20.3 Å². The fraction of sp³-hybridized carbons (Fsp3) is 0.222. The lowest BCUT2D eigenvalue weighted by atomic mass is 10.1. The molecule has 0 bridgehead atoms. The van der Waals surface area contributed by atoms with Crippen molar-refractivity contribution in [1.29, 1.82) is 0 Å². The first-order valence-electron chi connectivity index (χ1n) is 7.93. The number of rotatable bonds is 7. The summed E-state index contributed by atoms with van der Waals surface area (Å²) in [6.45, 7) is 3.46. The number of carbonyl (C=O) groups is 4. The molecule has 27 heavy (non-hydrogen) atoms. The molecule has 0 spiro atoms. The van der Waals surface area contributed by atoms with Gasteiger partial charge < -0.3 is 20.1 Å². The van der Waals surface area contributed by atoms with Gasteiger partial charge in [0.15, 0.2) is 0 Å². The third-order valence-corrected chi connectivity index (χ3v) is 3.72. The molecule has 9 heteroatoms. The molecule has 3 N–H and O–H groups in total. The number of carbonyl (C=O) groups excluding carboxylic acids is 1. The van der Waals surface area contributed by atoms with Gasteiger partial charge in [-0.15, -0.1) is 0 Å². The SMILES string of the molecule is CCCOC(=O)c1c(C(=O)O)c(C(=O)O)c(C(=O)O)n1-c1ccc(C)cc1. The minimum absolute atomic E-state index is 0.0399. The average molecular weight is 375 g/mol. The Morgan fingerprint density at radius 3 is 1.85 bits per heavy atom. The standard InChI is InChI=1S/C18H17NO8/c1-3-8-27-18(26)14-12(16(22)23)11(15(20)21)13(17(24)25)19(14)10-6-4-9(2)5-7-10/h4-7H,3,8H2,1-2H3,(H,20,21)(H,22,23)(H,24,25). The highest BCUT2D eigenvalue weighted by Crippen LogP contribution is 2.29. The van der Waals surface area contributed by atoms with E-state index in [1.165, 1.54) is 12.1 Å². The highest BCUT2D eigenvalue weighted by molar-refractivity contribution is 6.14. The molecule has 2 rings (SSSR count). The van der Waals surface area contributed by atoms with Gasteiger partial charge in [-0.1, -0.05) is 24.6 Å². The Hall–Kier alpha value is -3.62. The van der Waals surface area contributed by atoms with Gasteiger partial charge in [0.25, 0.3) is 0 Å². The fourth-order valence-electron chi connectivity index (χ4n) is 2.60. The quantitative estimate of drug-likeness (QED) is 0.626. The Morgan fingerprint density at radius 2 is 1.41 bits per heavy atom. The summed E-state index contributed by atoms with van der Waals surface area (Å²) in [4.78, 5) is 47.7. The van der Waals surface area contributed by atoms with Gasteiger partial charge in [-0.2, -0.15) is 0 Å². The molecule has 0 aliphatic rings. The number of nitrogens with zero attached hydrogens (tertiary/aromatic N) is 1. The summed E-state index contributed by atoms with van der Waals surface area (Å²) in [6.07, 6.45) is 0.441. The first-order chi connectivity index (χ1) is 12.7. The van der Waals surface area contributed by atoms with Gasteiger partial charge in [-0.25, -0.2) is 19.2 Å². The van der Waals surface area contributed by atoms with Crippen LogP contribution in [-0.2, 0) is 4.74 Å². The number of ether oxygens (including phenoxy) is 1. The van der Waals surface area contributed by atoms with Crippen molar-refractivity contribution >= 4 is 23.9 Å². The normalized spacial score (nSPS) is 10.4. The average Bonchev–Trinajstić information content (AvgIpc) is 2.97. The summed E-state index contributed by atoms with van der Waals surface area (Å²) in [7, 11) is 0. The van der Waals surface area contributed by atoms with Crippen LogP contribution in [0.25, 0.3) is 5.69 Å². The number of carboxylic acid groups (broad SMARTS) is 3. The third-order valence-electron chi connectivity index (χ3n) is 3.72. The van der Waals surface area contributed by atoms with Crippen LogP contribution >= 0.6 is 0 Å². The van der Waals surface area contributed by atoms with Crippen molar-refractivity contribution in [1.82, 2.24) is 4.57 Å². The van der Waals surface area contributed by atoms with Crippen LogP contribution in [0, 0.1) is 6.92 Å². The van der Waals surface area contributed by atoms with Gasteiger partial charge in [-0.05, 0) is 25.5 Å². The van der Waals surface area contributed by atoms with E-state index in [0.717, 1.165) is 10.1 Å². The number of aryl methyl sites for hydroxylation is 1. The van der Waals surface area contributed by atoms with Crippen molar-refractivity contribution in [3.63, 3.8) is 0 Å². The summed E-state index contributed by atoms with van der Waals surface area (Å²) in [5.41, 5.74) is -2.46. The lowest BCUT2D eigenvalue weighted by molar-refractivity contribution is 0.0485. The topological polar surface area (TPSA) is 143 Å². The van der Waals surface area contributed by atoms with Crippen molar-refractivity contribution in [2.75, 3.05) is 6.61 Å². The number of carboxylic acids is 3. The molecule has 0 saturated carbocycles. The number of esters is 1. The predicted molar refractivity (Wildman–Crippen MR) is 92.0 cm³/mol. The molecular formula is C18H17NO8. The molecule has 0 unspecified atom stereocenters. The summed E-state index contributed by atoms with van der Waals surface area (Å²) >= 11 is 0. The van der Waals surface area contributed by atoms with Crippen LogP contribution in [0.2, 0.25) is 0 Å². The Balaban J connectivity index is 2.97. The van der Waals surface area contributed by atoms with E-state index in [-0.39, 0.29) is 12.3 Å². The molecule has 1 aromatic carbocycles. The van der Waals surface area contributed by atoms with E-state index in [1.54, 1.807) is 26.0 Å². The zero-order chi connectivity index (χ0) is 20.3. The van der Waals surface area contributed by atoms with Gasteiger partial charge in [0, 0.05) is 5.69 Å².